The van der Waals surface area contributed by atoms with E-state index in [9.17, 15) is 0 Å². The van der Waals surface area contributed by atoms with Gasteiger partial charge in [0.15, 0.2) is 6.29 Å². The van der Waals surface area contributed by atoms with E-state index in [1.54, 1.807) is 6.08 Å². The van der Waals surface area contributed by atoms with E-state index < -0.39 is 6.29 Å². The number of aliphatic hydroxyl groups is 1. The summed E-state index contributed by atoms with van der Waals surface area (Å²) in [5.41, 5.74) is 5.12. The first kappa shape index (κ1) is 8.62. The Morgan fingerprint density at radius 2 is 2.44 bits per heavy atom. The summed E-state index contributed by atoms with van der Waals surface area (Å²) in [7, 11) is 0. The van der Waals surface area contributed by atoms with Crippen LogP contribution in [-0.2, 0) is 4.74 Å². The molecule has 0 aliphatic rings. The molecular weight excluding hydrogens is 118 g/mol. The first-order valence-electron chi connectivity index (χ1n) is 2.97. The Bertz CT molecular complexity index is 83.1. The molecule has 1 unspecified atom stereocenters. The van der Waals surface area contributed by atoms with E-state index in [1.165, 1.54) is 6.08 Å². The van der Waals surface area contributed by atoms with E-state index in [0.29, 0.717) is 13.2 Å². The van der Waals surface area contributed by atoms with Crippen LogP contribution in [0.25, 0.3) is 0 Å². The second kappa shape index (κ2) is 5.75. The Labute approximate surface area is 55.1 Å². The highest BCUT2D eigenvalue weighted by Gasteiger charge is 1.92. The van der Waals surface area contributed by atoms with Gasteiger partial charge in [-0.3, -0.25) is 0 Å². The zero-order valence-corrected chi connectivity index (χ0v) is 5.58. The number of hydrogen-bond acceptors (Lipinski definition) is 3. The van der Waals surface area contributed by atoms with Gasteiger partial charge in [-0.2, -0.15) is 0 Å². The first-order chi connectivity index (χ1) is 4.31. The van der Waals surface area contributed by atoms with Gasteiger partial charge in [0.1, 0.15) is 0 Å². The zero-order valence-electron chi connectivity index (χ0n) is 5.58. The van der Waals surface area contributed by atoms with Crippen LogP contribution in [0, 0.1) is 0 Å². The van der Waals surface area contributed by atoms with Crippen LogP contribution in [0.15, 0.2) is 12.2 Å². The van der Waals surface area contributed by atoms with E-state index in [-0.39, 0.29) is 0 Å². The second-order valence-corrected chi connectivity index (χ2v) is 1.51. The topological polar surface area (TPSA) is 55.5 Å². The summed E-state index contributed by atoms with van der Waals surface area (Å²) >= 11 is 0. The third-order valence-corrected chi connectivity index (χ3v) is 0.774. The molecule has 0 heterocycles. The van der Waals surface area contributed by atoms with Crippen LogP contribution >= 0.6 is 0 Å². The third kappa shape index (κ3) is 5.49. The van der Waals surface area contributed by atoms with E-state index in [1.807, 2.05) is 6.92 Å². The van der Waals surface area contributed by atoms with E-state index >= 15 is 0 Å². The van der Waals surface area contributed by atoms with Crippen LogP contribution in [0.3, 0.4) is 0 Å². The van der Waals surface area contributed by atoms with Crippen molar-refractivity contribution in [2.45, 2.75) is 13.2 Å². The maximum atomic E-state index is 8.82. The summed E-state index contributed by atoms with van der Waals surface area (Å²) in [6.07, 6.45) is 2.38. The Morgan fingerprint density at radius 1 is 1.78 bits per heavy atom. The fourth-order valence-electron chi connectivity index (χ4n) is 0.421. The van der Waals surface area contributed by atoms with Crippen molar-refractivity contribution in [3.8, 4) is 0 Å². The lowest BCUT2D eigenvalue weighted by atomic mass is 10.5. The molecule has 3 N–H and O–H groups in total. The van der Waals surface area contributed by atoms with Crippen LogP contribution in [-0.4, -0.2) is 24.5 Å². The van der Waals surface area contributed by atoms with Crippen molar-refractivity contribution in [2.75, 3.05) is 13.2 Å². The summed E-state index contributed by atoms with van der Waals surface area (Å²) < 4.78 is 4.76. The quantitative estimate of drug-likeness (QED) is 0.412. The molecule has 54 valence electrons. The van der Waals surface area contributed by atoms with Gasteiger partial charge in [0.25, 0.3) is 0 Å². The van der Waals surface area contributed by atoms with Gasteiger partial charge >= 0.3 is 0 Å². The van der Waals surface area contributed by atoms with Gasteiger partial charge in [0.2, 0.25) is 0 Å². The molecule has 0 saturated carbocycles. The predicted octanol–water partition coefficient (Wildman–Crippen LogP) is -0.144. The zero-order chi connectivity index (χ0) is 7.11. The molecule has 0 spiro atoms. The maximum Gasteiger partial charge on any atom is 0.174 e. The van der Waals surface area contributed by atoms with Crippen molar-refractivity contribution in [1.29, 1.82) is 0 Å². The highest BCUT2D eigenvalue weighted by Crippen LogP contribution is 1.86. The molecule has 0 rings (SSSR count). The molecule has 3 nitrogen and oxygen atoms in total. The van der Waals surface area contributed by atoms with Gasteiger partial charge in [-0.05, 0) is 13.0 Å². The monoisotopic (exact) mass is 131 g/mol. The molecule has 9 heavy (non-hydrogen) atoms. The summed E-state index contributed by atoms with van der Waals surface area (Å²) in [4.78, 5) is 0. The summed E-state index contributed by atoms with van der Waals surface area (Å²) in [6.45, 7) is 2.76. The first-order valence-corrected chi connectivity index (χ1v) is 2.97. The van der Waals surface area contributed by atoms with Crippen LogP contribution in [0.4, 0.5) is 0 Å². The number of hydrogen-bond donors (Lipinski definition) is 2. The molecule has 0 saturated heterocycles. The number of rotatable bonds is 4. The predicted molar refractivity (Wildman–Crippen MR) is 35.8 cm³/mol. The van der Waals surface area contributed by atoms with Crippen LogP contribution < -0.4 is 5.73 Å². The Balaban J connectivity index is 3.25. The summed E-state index contributed by atoms with van der Waals surface area (Å²) in [5.74, 6) is 0. The van der Waals surface area contributed by atoms with Crippen molar-refractivity contribution < 1.29 is 9.84 Å². The molecule has 0 aromatic heterocycles. The molecule has 0 bridgehead atoms. The fourth-order valence-corrected chi connectivity index (χ4v) is 0.421. The SMILES string of the molecule is CCOC(O)C=CCN. The van der Waals surface area contributed by atoms with Crippen molar-refractivity contribution in [3.63, 3.8) is 0 Å². The Morgan fingerprint density at radius 3 is 2.89 bits per heavy atom. The largest absolute Gasteiger partial charge is 0.365 e. The van der Waals surface area contributed by atoms with Gasteiger partial charge in [0.05, 0.1) is 0 Å². The molecule has 0 aromatic carbocycles. The molecule has 0 fully saturated rings. The molecular formula is C6H13NO2. The van der Waals surface area contributed by atoms with Gasteiger partial charge in [-0.1, -0.05) is 6.08 Å². The van der Waals surface area contributed by atoms with Crippen molar-refractivity contribution >= 4 is 0 Å². The smallest absolute Gasteiger partial charge is 0.174 e. The molecule has 0 aliphatic heterocycles. The Kier molecular flexibility index (Phi) is 5.51. The summed E-state index contributed by atoms with van der Waals surface area (Å²) in [6, 6.07) is 0. The second-order valence-electron chi connectivity index (χ2n) is 1.51. The van der Waals surface area contributed by atoms with Crippen LogP contribution in [0.5, 0.6) is 0 Å². The van der Waals surface area contributed by atoms with Gasteiger partial charge in [0, 0.05) is 13.2 Å². The van der Waals surface area contributed by atoms with Crippen LogP contribution in [0.1, 0.15) is 6.92 Å². The number of nitrogens with two attached hydrogens (primary N) is 1. The lowest BCUT2D eigenvalue weighted by molar-refractivity contribution is -0.0587. The average molecular weight is 131 g/mol. The normalized spacial score (nSPS) is 14.6. The standard InChI is InChI=1S/C6H13NO2/c1-2-9-6(8)4-3-5-7/h3-4,6,8H,2,5,7H2,1H3. The minimum Gasteiger partial charge on any atom is -0.365 e. The molecule has 0 aromatic rings. The summed E-state index contributed by atoms with van der Waals surface area (Å²) in [5, 5.41) is 8.82. The highest BCUT2D eigenvalue weighted by atomic mass is 16.6. The highest BCUT2D eigenvalue weighted by molar-refractivity contribution is 4.84. The van der Waals surface area contributed by atoms with E-state index in [4.69, 9.17) is 15.6 Å². The molecule has 0 radical (unpaired) electrons. The van der Waals surface area contributed by atoms with Gasteiger partial charge in [-0.15, -0.1) is 0 Å². The van der Waals surface area contributed by atoms with Gasteiger partial charge in [-0.25, -0.2) is 0 Å². The molecule has 0 aliphatic carbocycles. The molecule has 0 amide bonds. The van der Waals surface area contributed by atoms with Gasteiger partial charge < -0.3 is 15.6 Å². The average Bonchev–Trinajstić information content (AvgIpc) is 1.85. The third-order valence-electron chi connectivity index (χ3n) is 0.774. The molecule has 1 atom stereocenters. The lowest BCUT2D eigenvalue weighted by Crippen LogP contribution is -2.08. The van der Waals surface area contributed by atoms with E-state index in [2.05, 4.69) is 0 Å². The minimum absolute atomic E-state index is 0.435. The van der Waals surface area contributed by atoms with Crippen molar-refractivity contribution in [3.05, 3.63) is 12.2 Å². The fraction of sp³-hybridized carbons (Fsp3) is 0.667. The Hall–Kier alpha value is -0.380. The number of aliphatic hydroxyl groups excluding tert-OH is 1. The van der Waals surface area contributed by atoms with E-state index in [0.717, 1.165) is 0 Å². The number of ether oxygens (including phenoxy) is 1. The van der Waals surface area contributed by atoms with Crippen LogP contribution in [0.2, 0.25) is 0 Å². The van der Waals surface area contributed by atoms with Crippen molar-refractivity contribution in [2.24, 2.45) is 5.73 Å². The molecule has 3 heteroatoms. The lowest BCUT2D eigenvalue weighted by Gasteiger charge is -2.02. The minimum atomic E-state index is -0.793. The maximum absolute atomic E-state index is 8.82. The van der Waals surface area contributed by atoms with Crippen molar-refractivity contribution in [1.82, 2.24) is 0 Å².